The molecule has 2 atom stereocenters. The molecular formula is C16H23ClN4O. The largest absolute Gasteiger partial charge is 0.391 e. The number of piperazine rings is 1. The van der Waals surface area contributed by atoms with Gasteiger partial charge in [0.15, 0.2) is 0 Å². The molecule has 2 heterocycles. The number of hydrogen-bond donors (Lipinski definition) is 2. The van der Waals surface area contributed by atoms with Crippen LogP contribution in [0.15, 0.2) is 18.2 Å². The second kappa shape index (κ2) is 7.19. The highest BCUT2D eigenvalue weighted by Crippen LogP contribution is 2.29. The molecule has 2 fully saturated rings. The Morgan fingerprint density at radius 3 is 2.82 bits per heavy atom. The third kappa shape index (κ3) is 3.30. The summed E-state index contributed by atoms with van der Waals surface area (Å²) in [6.45, 7) is 6.56. The van der Waals surface area contributed by atoms with Gasteiger partial charge in [0.25, 0.3) is 0 Å². The lowest BCUT2D eigenvalue weighted by Crippen LogP contribution is -2.49. The first-order chi connectivity index (χ1) is 10.2. The highest BCUT2D eigenvalue weighted by molar-refractivity contribution is 5.85. The molecule has 0 bridgehead atoms. The summed E-state index contributed by atoms with van der Waals surface area (Å²) in [5.74, 6) is 0. The number of aliphatic hydroxyl groups excluding tert-OH is 1. The van der Waals surface area contributed by atoms with Crippen LogP contribution in [0, 0.1) is 11.3 Å². The summed E-state index contributed by atoms with van der Waals surface area (Å²) in [6.07, 6.45) is 0.506. The van der Waals surface area contributed by atoms with Crippen LogP contribution >= 0.6 is 12.4 Å². The molecule has 2 aliphatic rings. The molecule has 0 unspecified atom stereocenters. The number of nitrogens with zero attached hydrogens (tertiary/aromatic N) is 3. The number of benzene rings is 1. The van der Waals surface area contributed by atoms with Crippen molar-refractivity contribution in [2.45, 2.75) is 25.5 Å². The van der Waals surface area contributed by atoms with Crippen molar-refractivity contribution >= 4 is 23.8 Å². The summed E-state index contributed by atoms with van der Waals surface area (Å²) in [5, 5.41) is 22.5. The molecule has 0 spiro atoms. The van der Waals surface area contributed by atoms with Gasteiger partial charge in [0.2, 0.25) is 0 Å². The van der Waals surface area contributed by atoms with Crippen LogP contribution in [0.25, 0.3) is 0 Å². The van der Waals surface area contributed by atoms with Gasteiger partial charge < -0.3 is 20.2 Å². The van der Waals surface area contributed by atoms with Gasteiger partial charge in [-0.3, -0.25) is 0 Å². The zero-order valence-corrected chi connectivity index (χ0v) is 13.6. The summed E-state index contributed by atoms with van der Waals surface area (Å²) in [7, 11) is 0. The van der Waals surface area contributed by atoms with E-state index in [-0.39, 0.29) is 18.5 Å². The van der Waals surface area contributed by atoms with E-state index in [4.69, 9.17) is 0 Å². The zero-order chi connectivity index (χ0) is 14.8. The van der Waals surface area contributed by atoms with Crippen LogP contribution in [0.3, 0.4) is 0 Å². The monoisotopic (exact) mass is 322 g/mol. The Labute approximate surface area is 137 Å². The molecule has 22 heavy (non-hydrogen) atoms. The first-order valence-corrected chi connectivity index (χ1v) is 7.63. The van der Waals surface area contributed by atoms with Crippen molar-refractivity contribution < 1.29 is 5.11 Å². The van der Waals surface area contributed by atoms with E-state index in [9.17, 15) is 10.4 Å². The zero-order valence-electron chi connectivity index (χ0n) is 12.8. The van der Waals surface area contributed by atoms with E-state index < -0.39 is 0 Å². The van der Waals surface area contributed by atoms with Crippen LogP contribution in [0.4, 0.5) is 11.4 Å². The quantitative estimate of drug-likeness (QED) is 0.860. The van der Waals surface area contributed by atoms with Gasteiger partial charge in [-0.25, -0.2) is 0 Å². The van der Waals surface area contributed by atoms with E-state index in [1.807, 2.05) is 12.1 Å². The van der Waals surface area contributed by atoms with Crippen molar-refractivity contribution in [3.63, 3.8) is 0 Å². The lowest BCUT2D eigenvalue weighted by molar-refractivity contribution is 0.198. The van der Waals surface area contributed by atoms with E-state index in [0.717, 1.165) is 44.0 Å². The lowest BCUT2D eigenvalue weighted by Gasteiger charge is -2.36. The number of hydrogen-bond acceptors (Lipinski definition) is 5. The first kappa shape index (κ1) is 16.9. The standard InChI is InChI=1S/C16H22N4O.ClH/c1-12-10-18-5-7-20(12)14-2-3-16(13(8-14)9-17)19-6-4-15(21)11-19;/h2-3,8,12,15,18,21H,4-7,10-11H2,1H3;1H/t12-,15-;/m0./s1. The van der Waals surface area contributed by atoms with E-state index in [1.54, 1.807) is 0 Å². The third-order valence-corrected chi connectivity index (χ3v) is 4.44. The first-order valence-electron chi connectivity index (χ1n) is 7.63. The predicted molar refractivity (Wildman–Crippen MR) is 90.9 cm³/mol. The fraction of sp³-hybridized carbons (Fsp3) is 0.562. The van der Waals surface area contributed by atoms with Crippen LogP contribution < -0.4 is 15.1 Å². The van der Waals surface area contributed by atoms with Gasteiger partial charge in [0, 0.05) is 44.5 Å². The third-order valence-electron chi connectivity index (χ3n) is 4.44. The van der Waals surface area contributed by atoms with Crippen molar-refractivity contribution in [2.24, 2.45) is 0 Å². The van der Waals surface area contributed by atoms with Gasteiger partial charge in [-0.1, -0.05) is 0 Å². The maximum Gasteiger partial charge on any atom is 0.101 e. The normalized spacial score (nSPS) is 24.8. The summed E-state index contributed by atoms with van der Waals surface area (Å²) in [5.41, 5.74) is 2.76. The summed E-state index contributed by atoms with van der Waals surface area (Å²) in [4.78, 5) is 4.45. The fourth-order valence-corrected chi connectivity index (χ4v) is 3.25. The molecule has 2 saturated heterocycles. The number of anilines is 2. The van der Waals surface area contributed by atoms with E-state index >= 15 is 0 Å². The molecular weight excluding hydrogens is 300 g/mol. The Balaban J connectivity index is 0.00000176. The van der Waals surface area contributed by atoms with Gasteiger partial charge in [-0.2, -0.15) is 5.26 Å². The maximum absolute atomic E-state index is 9.68. The Morgan fingerprint density at radius 2 is 2.18 bits per heavy atom. The molecule has 6 heteroatoms. The molecule has 0 saturated carbocycles. The number of rotatable bonds is 2. The highest BCUT2D eigenvalue weighted by Gasteiger charge is 2.24. The predicted octanol–water partition coefficient (Wildman–Crippen LogP) is 1.35. The van der Waals surface area contributed by atoms with Gasteiger partial charge >= 0.3 is 0 Å². The average Bonchev–Trinajstić information content (AvgIpc) is 2.93. The fourth-order valence-electron chi connectivity index (χ4n) is 3.25. The molecule has 120 valence electrons. The minimum atomic E-state index is -0.274. The van der Waals surface area contributed by atoms with Gasteiger partial charge in [0.1, 0.15) is 6.07 Å². The molecule has 0 radical (unpaired) electrons. The Morgan fingerprint density at radius 1 is 1.36 bits per heavy atom. The van der Waals surface area contributed by atoms with E-state index in [1.165, 1.54) is 0 Å². The molecule has 2 N–H and O–H groups in total. The van der Waals surface area contributed by atoms with Crippen LogP contribution in [0.5, 0.6) is 0 Å². The van der Waals surface area contributed by atoms with Crippen molar-refractivity contribution in [2.75, 3.05) is 42.5 Å². The van der Waals surface area contributed by atoms with Crippen LogP contribution in [0.2, 0.25) is 0 Å². The summed E-state index contributed by atoms with van der Waals surface area (Å²) < 4.78 is 0. The number of nitrogens with one attached hydrogen (secondary N) is 1. The minimum absolute atomic E-state index is 0. The van der Waals surface area contributed by atoms with Crippen molar-refractivity contribution in [3.05, 3.63) is 23.8 Å². The smallest absolute Gasteiger partial charge is 0.101 e. The molecule has 1 aromatic carbocycles. The van der Waals surface area contributed by atoms with Gasteiger partial charge in [-0.15, -0.1) is 12.4 Å². The van der Waals surface area contributed by atoms with Crippen LogP contribution in [0.1, 0.15) is 18.9 Å². The Kier molecular flexibility index (Phi) is 5.52. The summed E-state index contributed by atoms with van der Waals surface area (Å²) >= 11 is 0. The summed E-state index contributed by atoms with van der Waals surface area (Å²) in [6, 6.07) is 8.87. The minimum Gasteiger partial charge on any atom is -0.391 e. The highest BCUT2D eigenvalue weighted by atomic mass is 35.5. The van der Waals surface area contributed by atoms with Gasteiger partial charge in [-0.05, 0) is 31.5 Å². The molecule has 3 rings (SSSR count). The molecule has 0 amide bonds. The molecule has 5 nitrogen and oxygen atoms in total. The number of aliphatic hydroxyl groups is 1. The van der Waals surface area contributed by atoms with Crippen LogP contribution in [-0.2, 0) is 0 Å². The van der Waals surface area contributed by atoms with Crippen LogP contribution in [-0.4, -0.2) is 50.0 Å². The molecule has 1 aromatic rings. The molecule has 0 aromatic heterocycles. The molecule has 0 aliphatic carbocycles. The van der Waals surface area contributed by atoms with E-state index in [2.05, 4.69) is 34.2 Å². The SMILES string of the molecule is C[C@H]1CNCCN1c1ccc(N2CC[C@H](O)C2)c(C#N)c1.Cl. The topological polar surface area (TPSA) is 62.5 Å². The Hall–Kier alpha value is -1.48. The van der Waals surface area contributed by atoms with Crippen molar-refractivity contribution in [3.8, 4) is 6.07 Å². The Bertz CT molecular complexity index is 560. The average molecular weight is 323 g/mol. The van der Waals surface area contributed by atoms with Crippen molar-refractivity contribution in [1.82, 2.24) is 5.32 Å². The maximum atomic E-state index is 9.68. The second-order valence-corrected chi connectivity index (χ2v) is 5.95. The van der Waals surface area contributed by atoms with E-state index in [0.29, 0.717) is 18.2 Å². The lowest BCUT2D eigenvalue weighted by atomic mass is 10.1. The number of nitriles is 1. The van der Waals surface area contributed by atoms with Crippen molar-refractivity contribution in [1.29, 1.82) is 5.26 Å². The molecule has 2 aliphatic heterocycles. The van der Waals surface area contributed by atoms with Gasteiger partial charge in [0.05, 0.1) is 17.4 Å². The number of halogens is 1. The second-order valence-electron chi connectivity index (χ2n) is 5.95. The number of β-amino-alcohol motifs (C(OH)–C–C–N with tert-alkyl or cyclic N) is 1.